The molecule has 2 aromatic rings. The largest absolute Gasteiger partial charge is 0.500 e. The molecular weight excluding hydrogens is 317 g/mol. The number of nitrogens with one attached hydrogen (secondary N) is 1. The van der Waals surface area contributed by atoms with Gasteiger partial charge in [-0.2, -0.15) is 0 Å². The molecule has 1 N–H and O–H groups in total. The second-order valence-corrected chi connectivity index (χ2v) is 5.29. The minimum absolute atomic E-state index is 0.230. The minimum Gasteiger partial charge on any atom is -0.500 e. The van der Waals surface area contributed by atoms with Crippen LogP contribution in [-0.4, -0.2) is 38.4 Å². The smallest absolute Gasteiger partial charge is 0.254 e. The Kier molecular flexibility index (Phi) is 6.84. The SMILES string of the molecule is C=C(CNC(=O)c1ccnc2ccc(OCCC[B]C#N)cc12)OC. The standard InChI is InChI=1S/C18H19BN3O3/c1-13(24-2)11-22-18(23)15-6-8-21-17-5-4-14(10-16(15)17)25-9-3-7-19-12-20/h4-6,8,10H,1,3,7,9,11H2,2H3,(H,22,23). The molecular formula is C18H19BN3O3. The summed E-state index contributed by atoms with van der Waals surface area (Å²) in [6.07, 6.45) is 3.04. The average molecular weight is 336 g/mol. The Labute approximate surface area is 147 Å². The number of nitrogens with zero attached hydrogens (tertiary/aromatic N) is 2. The molecule has 1 aromatic heterocycles. The lowest BCUT2D eigenvalue weighted by molar-refractivity contribution is 0.0952. The highest BCUT2D eigenvalue weighted by molar-refractivity contribution is 6.44. The van der Waals surface area contributed by atoms with Crippen molar-refractivity contribution in [1.29, 1.82) is 5.26 Å². The molecule has 0 fully saturated rings. The van der Waals surface area contributed by atoms with Crippen LogP contribution in [0.2, 0.25) is 6.32 Å². The predicted octanol–water partition coefficient (Wildman–Crippen LogP) is 2.50. The zero-order chi connectivity index (χ0) is 18.1. The Morgan fingerprint density at radius 1 is 1.44 bits per heavy atom. The van der Waals surface area contributed by atoms with E-state index in [1.165, 1.54) is 7.11 Å². The van der Waals surface area contributed by atoms with Gasteiger partial charge in [0.2, 0.25) is 0 Å². The molecule has 6 nitrogen and oxygen atoms in total. The van der Waals surface area contributed by atoms with Crippen LogP contribution < -0.4 is 10.1 Å². The first-order chi connectivity index (χ1) is 12.2. The van der Waals surface area contributed by atoms with Gasteiger partial charge >= 0.3 is 0 Å². The number of hydrogen-bond acceptors (Lipinski definition) is 5. The Morgan fingerprint density at radius 3 is 3.04 bits per heavy atom. The maximum Gasteiger partial charge on any atom is 0.254 e. The maximum atomic E-state index is 12.4. The van der Waals surface area contributed by atoms with Crippen molar-refractivity contribution < 1.29 is 14.3 Å². The molecule has 1 radical (unpaired) electrons. The van der Waals surface area contributed by atoms with Gasteiger partial charge in [0, 0.05) is 11.6 Å². The van der Waals surface area contributed by atoms with Crippen LogP contribution in [0.25, 0.3) is 10.9 Å². The quantitative estimate of drug-likeness (QED) is 0.432. The van der Waals surface area contributed by atoms with E-state index in [0.717, 1.165) is 6.42 Å². The lowest BCUT2D eigenvalue weighted by atomic mass is 9.76. The molecule has 0 aliphatic rings. The van der Waals surface area contributed by atoms with Gasteiger partial charge in [0.05, 0.1) is 31.3 Å². The van der Waals surface area contributed by atoms with Crippen LogP contribution in [0.1, 0.15) is 16.8 Å². The van der Waals surface area contributed by atoms with Crippen LogP contribution in [0.15, 0.2) is 42.8 Å². The number of pyridine rings is 1. The van der Waals surface area contributed by atoms with E-state index in [4.69, 9.17) is 14.7 Å². The fourth-order valence-corrected chi connectivity index (χ4v) is 2.20. The molecule has 0 saturated heterocycles. The Balaban J connectivity index is 2.12. The molecule has 0 spiro atoms. The topological polar surface area (TPSA) is 84.2 Å². The second-order valence-electron chi connectivity index (χ2n) is 5.29. The highest BCUT2D eigenvalue weighted by Gasteiger charge is 2.11. The summed E-state index contributed by atoms with van der Waals surface area (Å²) in [6.45, 7) is 4.42. The van der Waals surface area contributed by atoms with Crippen molar-refractivity contribution in [1.82, 2.24) is 10.3 Å². The number of carbonyl (C=O) groups excluding carboxylic acids is 1. The second kappa shape index (κ2) is 9.33. The number of benzene rings is 1. The van der Waals surface area contributed by atoms with Crippen molar-refractivity contribution in [3.05, 3.63) is 48.4 Å². The Bertz CT molecular complexity index is 802. The first kappa shape index (κ1) is 18.3. The number of ether oxygens (including phenoxy) is 2. The van der Waals surface area contributed by atoms with Crippen LogP contribution in [0, 0.1) is 11.2 Å². The molecule has 0 unspecified atom stereocenters. The van der Waals surface area contributed by atoms with Crippen LogP contribution in [0.3, 0.4) is 0 Å². The van der Waals surface area contributed by atoms with Gasteiger partial charge in [0.1, 0.15) is 11.5 Å². The summed E-state index contributed by atoms with van der Waals surface area (Å²) < 4.78 is 10.6. The molecule has 0 aliphatic carbocycles. The van der Waals surface area contributed by atoms with Gasteiger partial charge < -0.3 is 14.8 Å². The average Bonchev–Trinajstić information content (AvgIpc) is 2.65. The van der Waals surface area contributed by atoms with E-state index in [1.54, 1.807) is 25.6 Å². The minimum atomic E-state index is -0.230. The molecule has 1 aromatic carbocycles. The number of methoxy groups -OCH3 is 1. The van der Waals surface area contributed by atoms with Gasteiger partial charge in [-0.05, 0) is 36.7 Å². The van der Waals surface area contributed by atoms with Gasteiger partial charge in [-0.25, -0.2) is 5.26 Å². The summed E-state index contributed by atoms with van der Waals surface area (Å²) >= 11 is 0. The molecule has 0 bridgehead atoms. The molecule has 0 atom stereocenters. The van der Waals surface area contributed by atoms with Crippen LogP contribution in [0.4, 0.5) is 0 Å². The number of carbonyl (C=O) groups is 1. The number of aromatic nitrogens is 1. The fraction of sp³-hybridized carbons (Fsp3) is 0.278. The van der Waals surface area contributed by atoms with E-state index in [1.807, 2.05) is 18.1 Å². The van der Waals surface area contributed by atoms with Crippen molar-refractivity contribution in [2.24, 2.45) is 0 Å². The van der Waals surface area contributed by atoms with E-state index in [0.29, 0.717) is 40.9 Å². The third-order valence-electron chi connectivity index (χ3n) is 3.55. The predicted molar refractivity (Wildman–Crippen MR) is 96.5 cm³/mol. The first-order valence-corrected chi connectivity index (χ1v) is 7.88. The molecule has 1 heterocycles. The molecule has 25 heavy (non-hydrogen) atoms. The normalized spacial score (nSPS) is 9.92. The lowest BCUT2D eigenvalue weighted by Gasteiger charge is -2.10. The van der Waals surface area contributed by atoms with E-state index in [9.17, 15) is 4.79 Å². The number of fused-ring (bicyclic) bond motifs is 1. The number of hydrogen-bond donors (Lipinski definition) is 1. The van der Waals surface area contributed by atoms with Crippen LogP contribution in [0.5, 0.6) is 5.75 Å². The number of nitriles is 1. The summed E-state index contributed by atoms with van der Waals surface area (Å²) in [5, 5.41) is 11.9. The first-order valence-electron chi connectivity index (χ1n) is 7.88. The number of rotatable bonds is 9. The summed E-state index contributed by atoms with van der Waals surface area (Å²) in [5.74, 6) is 2.89. The van der Waals surface area contributed by atoms with E-state index in [-0.39, 0.29) is 12.5 Å². The van der Waals surface area contributed by atoms with Gasteiger partial charge in [0.25, 0.3) is 13.2 Å². The van der Waals surface area contributed by atoms with Gasteiger partial charge in [-0.1, -0.05) is 12.9 Å². The highest BCUT2D eigenvalue weighted by atomic mass is 16.5. The Morgan fingerprint density at radius 2 is 2.28 bits per heavy atom. The summed E-state index contributed by atoms with van der Waals surface area (Å²) in [6, 6.07) is 7.10. The van der Waals surface area contributed by atoms with Crippen molar-refractivity contribution in [2.45, 2.75) is 12.7 Å². The zero-order valence-corrected chi connectivity index (χ0v) is 14.1. The fourth-order valence-electron chi connectivity index (χ4n) is 2.20. The van der Waals surface area contributed by atoms with Crippen LogP contribution >= 0.6 is 0 Å². The third kappa shape index (κ3) is 5.25. The van der Waals surface area contributed by atoms with Gasteiger partial charge in [-0.15, -0.1) is 0 Å². The van der Waals surface area contributed by atoms with Crippen LogP contribution in [-0.2, 0) is 4.74 Å². The Hall–Kier alpha value is -3.01. The van der Waals surface area contributed by atoms with Crippen molar-refractivity contribution in [3.63, 3.8) is 0 Å². The molecule has 1 amide bonds. The molecule has 2 rings (SSSR count). The lowest BCUT2D eigenvalue weighted by Crippen LogP contribution is -2.26. The molecule has 127 valence electrons. The summed E-state index contributed by atoms with van der Waals surface area (Å²) in [5.41, 5.74) is 1.22. The van der Waals surface area contributed by atoms with E-state index >= 15 is 0 Å². The summed E-state index contributed by atoms with van der Waals surface area (Å²) in [4.78, 5) is 16.7. The molecule has 7 heteroatoms. The number of amides is 1. The van der Waals surface area contributed by atoms with Gasteiger partial charge in [0.15, 0.2) is 0 Å². The van der Waals surface area contributed by atoms with Crippen molar-refractivity contribution in [3.8, 4) is 11.7 Å². The highest BCUT2D eigenvalue weighted by Crippen LogP contribution is 2.23. The van der Waals surface area contributed by atoms with Crippen molar-refractivity contribution in [2.75, 3.05) is 20.3 Å². The summed E-state index contributed by atoms with van der Waals surface area (Å²) in [7, 11) is 3.05. The monoisotopic (exact) mass is 336 g/mol. The van der Waals surface area contributed by atoms with Gasteiger partial charge in [-0.3, -0.25) is 9.78 Å². The zero-order valence-electron chi connectivity index (χ0n) is 14.1. The van der Waals surface area contributed by atoms with E-state index < -0.39 is 0 Å². The third-order valence-corrected chi connectivity index (χ3v) is 3.55. The van der Waals surface area contributed by atoms with Crippen molar-refractivity contribution >= 4 is 24.1 Å². The molecule has 0 aliphatic heterocycles. The molecule has 0 saturated carbocycles. The van der Waals surface area contributed by atoms with E-state index in [2.05, 4.69) is 16.9 Å². The maximum absolute atomic E-state index is 12.4.